The lowest BCUT2D eigenvalue weighted by atomic mass is 10.2. The molecular formula is C17H13ClFN3O5. The lowest BCUT2D eigenvalue weighted by Crippen LogP contribution is -2.17. The fourth-order valence-corrected chi connectivity index (χ4v) is 2.77. The molecule has 0 unspecified atom stereocenters. The lowest BCUT2D eigenvalue weighted by Gasteiger charge is -2.07. The number of nitro benzene ring substituents is 1. The van der Waals surface area contributed by atoms with Crippen LogP contribution >= 0.6 is 11.6 Å². The topological polar surface area (TPSA) is 107 Å². The first kappa shape index (κ1) is 18.6. The summed E-state index contributed by atoms with van der Waals surface area (Å²) in [5.41, 5.74) is 0.281. The third kappa shape index (κ3) is 3.98. The molecule has 1 amide bonds. The number of anilines is 1. The van der Waals surface area contributed by atoms with E-state index in [9.17, 15) is 24.1 Å². The molecule has 3 aromatic rings. The van der Waals surface area contributed by atoms with Crippen molar-refractivity contribution in [3.63, 3.8) is 0 Å². The number of benzene rings is 2. The summed E-state index contributed by atoms with van der Waals surface area (Å²) in [4.78, 5) is 34.1. The maximum Gasteiger partial charge on any atom is 0.419 e. The van der Waals surface area contributed by atoms with Crippen LogP contribution in [0, 0.1) is 15.9 Å². The molecule has 3 rings (SSSR count). The summed E-state index contributed by atoms with van der Waals surface area (Å²) in [6, 6.07) is 8.12. The molecule has 0 aliphatic rings. The fraction of sp³-hybridized carbons (Fsp3) is 0.176. The van der Waals surface area contributed by atoms with E-state index in [0.29, 0.717) is 5.52 Å². The zero-order valence-electron chi connectivity index (χ0n) is 13.8. The molecule has 0 atom stereocenters. The first-order chi connectivity index (χ1) is 12.9. The van der Waals surface area contributed by atoms with Crippen LogP contribution in [0.3, 0.4) is 0 Å². The first-order valence-corrected chi connectivity index (χ1v) is 8.26. The van der Waals surface area contributed by atoms with Gasteiger partial charge in [0, 0.05) is 19.0 Å². The van der Waals surface area contributed by atoms with Gasteiger partial charge in [-0.25, -0.2) is 9.18 Å². The number of aryl methyl sites for hydroxylation is 1. The minimum Gasteiger partial charge on any atom is -0.407 e. The van der Waals surface area contributed by atoms with Crippen LogP contribution in [-0.2, 0) is 11.3 Å². The number of hydrogen-bond acceptors (Lipinski definition) is 5. The van der Waals surface area contributed by atoms with Crippen LogP contribution in [0.15, 0.2) is 45.6 Å². The Morgan fingerprint density at radius 3 is 2.85 bits per heavy atom. The quantitative estimate of drug-likeness (QED) is 0.507. The van der Waals surface area contributed by atoms with Gasteiger partial charge in [-0.05, 0) is 24.6 Å². The molecular weight excluding hydrogens is 381 g/mol. The van der Waals surface area contributed by atoms with Crippen molar-refractivity contribution < 1.29 is 18.5 Å². The van der Waals surface area contributed by atoms with Gasteiger partial charge in [0.25, 0.3) is 5.69 Å². The fourth-order valence-electron chi connectivity index (χ4n) is 2.59. The van der Waals surface area contributed by atoms with Gasteiger partial charge in [0.2, 0.25) is 5.91 Å². The summed E-state index contributed by atoms with van der Waals surface area (Å²) in [5, 5.41) is 13.1. The molecule has 2 aromatic carbocycles. The molecule has 8 nitrogen and oxygen atoms in total. The number of amides is 1. The molecule has 1 heterocycles. The first-order valence-electron chi connectivity index (χ1n) is 7.88. The SMILES string of the molecule is O=C(CCCn1c(=O)oc2cc([N+](=O)[O-])ccc21)Nc1cccc(Cl)c1F. The van der Waals surface area contributed by atoms with E-state index in [1.165, 1.54) is 41.0 Å². The highest BCUT2D eigenvalue weighted by molar-refractivity contribution is 6.31. The van der Waals surface area contributed by atoms with Crippen LogP contribution in [0.2, 0.25) is 5.02 Å². The number of nitrogens with zero attached hydrogens (tertiary/aromatic N) is 2. The van der Waals surface area contributed by atoms with Crippen LogP contribution in [0.25, 0.3) is 11.1 Å². The summed E-state index contributed by atoms with van der Waals surface area (Å²) < 4.78 is 20.1. The van der Waals surface area contributed by atoms with Gasteiger partial charge < -0.3 is 9.73 Å². The molecule has 0 saturated heterocycles. The Kier molecular flexibility index (Phi) is 5.22. The van der Waals surface area contributed by atoms with Gasteiger partial charge in [0.15, 0.2) is 11.4 Å². The second-order valence-electron chi connectivity index (χ2n) is 5.68. The number of fused-ring (bicyclic) bond motifs is 1. The van der Waals surface area contributed by atoms with E-state index in [-0.39, 0.29) is 41.4 Å². The zero-order valence-corrected chi connectivity index (χ0v) is 14.5. The third-order valence-corrected chi connectivity index (χ3v) is 4.17. The molecule has 1 N–H and O–H groups in total. The molecule has 10 heteroatoms. The molecule has 0 spiro atoms. The number of halogens is 2. The van der Waals surface area contributed by atoms with E-state index in [0.717, 1.165) is 0 Å². The number of nitrogens with one attached hydrogen (secondary N) is 1. The van der Waals surface area contributed by atoms with E-state index in [1.54, 1.807) is 0 Å². The average Bonchev–Trinajstić information content (AvgIpc) is 2.93. The third-order valence-electron chi connectivity index (χ3n) is 3.87. The standard InChI is InChI=1S/C17H13ClFN3O5/c18-11-3-1-4-12(16(11)19)20-15(23)5-2-8-21-13-7-6-10(22(25)26)9-14(13)27-17(21)24/h1,3-4,6-7,9H,2,5,8H2,(H,20,23). The van der Waals surface area contributed by atoms with Crippen molar-refractivity contribution in [2.45, 2.75) is 19.4 Å². The summed E-state index contributed by atoms with van der Waals surface area (Å²) in [6.45, 7) is 0.162. The van der Waals surface area contributed by atoms with E-state index in [2.05, 4.69) is 5.32 Å². The zero-order chi connectivity index (χ0) is 19.6. The molecule has 140 valence electrons. The molecule has 0 fully saturated rings. The van der Waals surface area contributed by atoms with E-state index in [4.69, 9.17) is 16.0 Å². The highest BCUT2D eigenvalue weighted by atomic mass is 35.5. The molecule has 0 bridgehead atoms. The van der Waals surface area contributed by atoms with Gasteiger partial charge in [0.1, 0.15) is 0 Å². The van der Waals surface area contributed by atoms with Gasteiger partial charge in [-0.3, -0.25) is 19.5 Å². The Balaban J connectivity index is 1.66. The second-order valence-corrected chi connectivity index (χ2v) is 6.09. The Bertz CT molecular complexity index is 1090. The van der Waals surface area contributed by atoms with Crippen LogP contribution in [0.4, 0.5) is 15.8 Å². The summed E-state index contributed by atoms with van der Waals surface area (Å²) in [5.74, 6) is -1.83. The number of non-ortho nitro benzene ring substituents is 1. The van der Waals surface area contributed by atoms with Crippen molar-refractivity contribution in [2.24, 2.45) is 0 Å². The Hall–Kier alpha value is -3.20. The maximum absolute atomic E-state index is 13.8. The summed E-state index contributed by atoms with van der Waals surface area (Å²) >= 11 is 5.66. The predicted octanol–water partition coefficient (Wildman–Crippen LogP) is 3.71. The number of hydrogen-bond donors (Lipinski definition) is 1. The van der Waals surface area contributed by atoms with Gasteiger partial charge in [0.05, 0.1) is 27.2 Å². The number of oxazole rings is 1. The van der Waals surface area contributed by atoms with Crippen LogP contribution in [-0.4, -0.2) is 15.4 Å². The number of aromatic nitrogens is 1. The molecule has 27 heavy (non-hydrogen) atoms. The summed E-state index contributed by atoms with van der Waals surface area (Å²) in [7, 11) is 0. The van der Waals surface area contributed by atoms with Gasteiger partial charge in [-0.1, -0.05) is 17.7 Å². The monoisotopic (exact) mass is 393 g/mol. The highest BCUT2D eigenvalue weighted by Crippen LogP contribution is 2.23. The van der Waals surface area contributed by atoms with Gasteiger partial charge >= 0.3 is 5.76 Å². The van der Waals surface area contributed by atoms with Crippen molar-refractivity contribution in [3.05, 3.63) is 67.9 Å². The van der Waals surface area contributed by atoms with Crippen LogP contribution < -0.4 is 11.1 Å². The smallest absolute Gasteiger partial charge is 0.407 e. The minimum absolute atomic E-state index is 0.0225. The second kappa shape index (κ2) is 7.58. The number of nitro groups is 1. The van der Waals surface area contributed by atoms with Crippen molar-refractivity contribution >= 4 is 40.0 Å². The summed E-state index contributed by atoms with van der Waals surface area (Å²) in [6.07, 6.45) is 0.303. The largest absolute Gasteiger partial charge is 0.419 e. The van der Waals surface area contributed by atoms with Crippen molar-refractivity contribution in [2.75, 3.05) is 5.32 Å². The Morgan fingerprint density at radius 2 is 2.11 bits per heavy atom. The normalized spacial score (nSPS) is 10.9. The van der Waals surface area contributed by atoms with Crippen molar-refractivity contribution in [1.82, 2.24) is 4.57 Å². The van der Waals surface area contributed by atoms with E-state index in [1.807, 2.05) is 0 Å². The lowest BCUT2D eigenvalue weighted by molar-refractivity contribution is -0.384. The highest BCUT2D eigenvalue weighted by Gasteiger charge is 2.15. The molecule has 0 aliphatic carbocycles. The number of carbonyl (C=O) groups is 1. The minimum atomic E-state index is -0.717. The van der Waals surface area contributed by atoms with Crippen molar-refractivity contribution in [1.29, 1.82) is 0 Å². The molecule has 0 saturated carbocycles. The van der Waals surface area contributed by atoms with Crippen LogP contribution in [0.5, 0.6) is 0 Å². The number of carbonyl (C=O) groups excluding carboxylic acids is 1. The average molecular weight is 394 g/mol. The van der Waals surface area contributed by atoms with Gasteiger partial charge in [-0.15, -0.1) is 0 Å². The maximum atomic E-state index is 13.8. The van der Waals surface area contributed by atoms with Crippen LogP contribution in [0.1, 0.15) is 12.8 Å². The molecule has 0 aliphatic heterocycles. The Labute approximate surface area is 156 Å². The predicted molar refractivity (Wildman–Crippen MR) is 96.4 cm³/mol. The molecule has 1 aromatic heterocycles. The Morgan fingerprint density at radius 1 is 1.33 bits per heavy atom. The van der Waals surface area contributed by atoms with Gasteiger partial charge in [-0.2, -0.15) is 0 Å². The van der Waals surface area contributed by atoms with Crippen molar-refractivity contribution in [3.8, 4) is 0 Å². The molecule has 0 radical (unpaired) electrons. The van der Waals surface area contributed by atoms with E-state index < -0.39 is 22.4 Å². The van der Waals surface area contributed by atoms with E-state index >= 15 is 0 Å². The number of rotatable bonds is 6.